The van der Waals surface area contributed by atoms with Crippen molar-refractivity contribution in [3.05, 3.63) is 52.1 Å². The second-order valence-corrected chi connectivity index (χ2v) is 5.13. The Morgan fingerprint density at radius 1 is 1.44 bits per heavy atom. The molecular formula is C14H17BrN2O. The fourth-order valence-corrected chi connectivity index (χ4v) is 2.28. The summed E-state index contributed by atoms with van der Waals surface area (Å²) in [7, 11) is 0. The first-order valence-electron chi connectivity index (χ1n) is 6.11. The summed E-state index contributed by atoms with van der Waals surface area (Å²) in [6.07, 6.45) is 4.60. The fourth-order valence-electron chi connectivity index (χ4n) is 1.85. The number of nitrogens with zero attached hydrogens (tertiary/aromatic N) is 1. The van der Waals surface area contributed by atoms with Crippen LogP contribution in [0.4, 0.5) is 0 Å². The molecule has 0 fully saturated rings. The molecule has 2 heterocycles. The predicted molar refractivity (Wildman–Crippen MR) is 75.5 cm³/mol. The number of rotatable bonds is 5. The molecular weight excluding hydrogens is 292 g/mol. The van der Waals surface area contributed by atoms with E-state index < -0.39 is 0 Å². The molecule has 0 amide bonds. The molecule has 0 aromatic carbocycles. The summed E-state index contributed by atoms with van der Waals surface area (Å²) in [5.74, 6) is 0.876. The third-order valence-corrected chi connectivity index (χ3v) is 3.39. The molecule has 0 bridgehead atoms. The average Bonchev–Trinajstić information content (AvgIpc) is 2.77. The minimum atomic E-state index is -0.00535. The first kappa shape index (κ1) is 13.3. The van der Waals surface area contributed by atoms with E-state index in [1.807, 2.05) is 18.3 Å². The summed E-state index contributed by atoms with van der Waals surface area (Å²) in [6, 6.07) is 5.99. The first-order valence-corrected chi connectivity index (χ1v) is 6.90. The highest BCUT2D eigenvalue weighted by molar-refractivity contribution is 9.10. The van der Waals surface area contributed by atoms with Gasteiger partial charge in [-0.1, -0.05) is 6.92 Å². The zero-order chi connectivity index (χ0) is 13.0. The number of nitrogens with one attached hydrogen (secondary N) is 1. The maximum atomic E-state index is 5.57. The monoisotopic (exact) mass is 308 g/mol. The lowest BCUT2D eigenvalue weighted by atomic mass is 10.1. The van der Waals surface area contributed by atoms with E-state index in [0.717, 1.165) is 28.9 Å². The zero-order valence-corrected chi connectivity index (χ0v) is 12.2. The van der Waals surface area contributed by atoms with Gasteiger partial charge in [-0.05, 0) is 59.6 Å². The van der Waals surface area contributed by atoms with E-state index >= 15 is 0 Å². The summed E-state index contributed by atoms with van der Waals surface area (Å²) >= 11 is 3.51. The van der Waals surface area contributed by atoms with Crippen molar-refractivity contribution in [3.63, 3.8) is 0 Å². The molecule has 96 valence electrons. The van der Waals surface area contributed by atoms with Crippen LogP contribution in [0.25, 0.3) is 0 Å². The van der Waals surface area contributed by atoms with Gasteiger partial charge in [0.15, 0.2) is 0 Å². The highest BCUT2D eigenvalue weighted by atomic mass is 79.9. The molecule has 0 radical (unpaired) electrons. The summed E-state index contributed by atoms with van der Waals surface area (Å²) in [5.41, 5.74) is 2.19. The third-order valence-electron chi connectivity index (χ3n) is 2.74. The number of aryl methyl sites for hydroxylation is 1. The minimum Gasteiger partial charge on any atom is -0.466 e. The first-order chi connectivity index (χ1) is 8.72. The smallest absolute Gasteiger partial charge is 0.140 e. The fraction of sp³-hybridized carbons (Fsp3) is 0.357. The van der Waals surface area contributed by atoms with Gasteiger partial charge in [-0.25, -0.2) is 0 Å². The Kier molecular flexibility index (Phi) is 4.55. The summed E-state index contributed by atoms with van der Waals surface area (Å²) in [6.45, 7) is 5.14. The summed E-state index contributed by atoms with van der Waals surface area (Å²) < 4.78 is 6.54. The van der Waals surface area contributed by atoms with E-state index in [9.17, 15) is 0 Å². The topological polar surface area (TPSA) is 38.1 Å². The van der Waals surface area contributed by atoms with Crippen molar-refractivity contribution in [2.75, 3.05) is 6.54 Å². The van der Waals surface area contributed by atoms with Crippen molar-refractivity contribution in [1.29, 1.82) is 0 Å². The largest absolute Gasteiger partial charge is 0.466 e. The maximum absolute atomic E-state index is 5.57. The second kappa shape index (κ2) is 6.16. The molecule has 4 heteroatoms. The number of hydrogen-bond acceptors (Lipinski definition) is 3. The molecule has 0 aliphatic heterocycles. The van der Waals surface area contributed by atoms with Gasteiger partial charge in [0.1, 0.15) is 11.8 Å². The van der Waals surface area contributed by atoms with Gasteiger partial charge < -0.3 is 9.73 Å². The van der Waals surface area contributed by atoms with E-state index in [0.29, 0.717) is 0 Å². The molecule has 1 unspecified atom stereocenters. The summed E-state index contributed by atoms with van der Waals surface area (Å²) in [4.78, 5) is 4.45. The van der Waals surface area contributed by atoms with Gasteiger partial charge in [-0.3, -0.25) is 4.98 Å². The van der Waals surface area contributed by atoms with Crippen molar-refractivity contribution in [2.45, 2.75) is 26.3 Å². The van der Waals surface area contributed by atoms with Crippen molar-refractivity contribution < 1.29 is 4.42 Å². The zero-order valence-electron chi connectivity index (χ0n) is 10.6. The lowest BCUT2D eigenvalue weighted by Crippen LogP contribution is -2.24. The third kappa shape index (κ3) is 3.00. The molecule has 3 nitrogen and oxygen atoms in total. The van der Waals surface area contributed by atoms with Crippen LogP contribution in [0.5, 0.6) is 0 Å². The van der Waals surface area contributed by atoms with Crippen LogP contribution in [0, 0.1) is 6.92 Å². The molecule has 2 aromatic rings. The van der Waals surface area contributed by atoms with Gasteiger partial charge in [0.2, 0.25) is 0 Å². The van der Waals surface area contributed by atoms with Gasteiger partial charge in [0.05, 0.1) is 16.4 Å². The van der Waals surface area contributed by atoms with E-state index in [4.69, 9.17) is 4.42 Å². The van der Waals surface area contributed by atoms with Gasteiger partial charge in [0.25, 0.3) is 0 Å². The van der Waals surface area contributed by atoms with Crippen LogP contribution in [0.15, 0.2) is 39.5 Å². The average molecular weight is 309 g/mol. The molecule has 0 aliphatic carbocycles. The Morgan fingerprint density at radius 2 is 2.28 bits per heavy atom. The molecule has 18 heavy (non-hydrogen) atoms. The Labute approximate surface area is 116 Å². The Hall–Kier alpha value is -1.13. The Bertz CT molecular complexity index is 510. The standard InChI is InChI=1S/C14H17BrN2O/c1-3-6-17-13(14-11(15)5-8-18-14)12-9-10(2)4-7-16-12/h4-5,7-9,13,17H,3,6H2,1-2H3. The van der Waals surface area contributed by atoms with Gasteiger partial charge in [-0.2, -0.15) is 0 Å². The number of hydrogen-bond donors (Lipinski definition) is 1. The van der Waals surface area contributed by atoms with Gasteiger partial charge in [0, 0.05) is 6.20 Å². The molecule has 0 spiro atoms. The molecule has 1 N–H and O–H groups in total. The highest BCUT2D eigenvalue weighted by Gasteiger charge is 2.20. The van der Waals surface area contributed by atoms with E-state index in [-0.39, 0.29) is 6.04 Å². The number of halogens is 1. The molecule has 0 saturated heterocycles. The Morgan fingerprint density at radius 3 is 2.89 bits per heavy atom. The predicted octanol–water partition coefficient (Wildman–Crippen LogP) is 3.83. The van der Waals surface area contributed by atoms with E-state index in [2.05, 4.69) is 46.1 Å². The maximum Gasteiger partial charge on any atom is 0.140 e. The van der Waals surface area contributed by atoms with Crippen LogP contribution in [-0.2, 0) is 0 Å². The SMILES string of the molecule is CCCNC(c1cc(C)ccn1)c1occc1Br. The molecule has 0 aliphatic rings. The molecule has 1 atom stereocenters. The lowest BCUT2D eigenvalue weighted by molar-refractivity contribution is 0.439. The van der Waals surface area contributed by atoms with E-state index in [1.54, 1.807) is 6.26 Å². The van der Waals surface area contributed by atoms with Crippen LogP contribution in [0.2, 0.25) is 0 Å². The van der Waals surface area contributed by atoms with E-state index in [1.165, 1.54) is 5.56 Å². The number of furan rings is 1. The van der Waals surface area contributed by atoms with Crippen LogP contribution in [0.1, 0.15) is 36.4 Å². The molecule has 2 rings (SSSR count). The van der Waals surface area contributed by atoms with Crippen LogP contribution < -0.4 is 5.32 Å². The van der Waals surface area contributed by atoms with Crippen molar-refractivity contribution in [3.8, 4) is 0 Å². The van der Waals surface area contributed by atoms with Crippen LogP contribution in [-0.4, -0.2) is 11.5 Å². The van der Waals surface area contributed by atoms with Gasteiger partial charge in [-0.15, -0.1) is 0 Å². The highest BCUT2D eigenvalue weighted by Crippen LogP contribution is 2.28. The Balaban J connectivity index is 2.33. The van der Waals surface area contributed by atoms with Crippen molar-refractivity contribution >= 4 is 15.9 Å². The number of aromatic nitrogens is 1. The van der Waals surface area contributed by atoms with Crippen molar-refractivity contribution in [1.82, 2.24) is 10.3 Å². The van der Waals surface area contributed by atoms with Crippen LogP contribution in [0.3, 0.4) is 0 Å². The summed E-state index contributed by atoms with van der Waals surface area (Å²) in [5, 5.41) is 3.47. The molecule has 2 aromatic heterocycles. The van der Waals surface area contributed by atoms with Gasteiger partial charge >= 0.3 is 0 Å². The molecule has 0 saturated carbocycles. The van der Waals surface area contributed by atoms with Crippen LogP contribution >= 0.6 is 15.9 Å². The minimum absolute atomic E-state index is 0.00535. The quantitative estimate of drug-likeness (QED) is 0.912. The van der Waals surface area contributed by atoms with Crippen molar-refractivity contribution in [2.24, 2.45) is 0 Å². The normalized spacial score (nSPS) is 12.6. The second-order valence-electron chi connectivity index (χ2n) is 4.28. The lowest BCUT2D eigenvalue weighted by Gasteiger charge is -2.16. The number of pyridine rings is 1.